The molecule has 0 N–H and O–H groups in total. The van der Waals surface area contributed by atoms with Crippen molar-refractivity contribution >= 4 is 5.78 Å². The first kappa shape index (κ1) is 14.2. The molecule has 0 unspecified atom stereocenters. The first-order chi connectivity index (χ1) is 9.38. The van der Waals surface area contributed by atoms with Gasteiger partial charge in [-0.3, -0.25) is 9.59 Å². The van der Waals surface area contributed by atoms with Gasteiger partial charge in [0.1, 0.15) is 6.54 Å². The number of nitrogens with zero attached hydrogens (tertiary/aromatic N) is 2. The van der Waals surface area contributed by atoms with Crippen LogP contribution in [0.3, 0.4) is 0 Å². The van der Waals surface area contributed by atoms with Crippen molar-refractivity contribution in [2.45, 2.75) is 34.2 Å². The Balaban J connectivity index is 2.35. The number of hydrogen-bond acceptors (Lipinski definition) is 3. The van der Waals surface area contributed by atoms with Gasteiger partial charge in [0.15, 0.2) is 5.78 Å². The van der Waals surface area contributed by atoms with Crippen LogP contribution in [0, 0.1) is 27.7 Å². The lowest BCUT2D eigenvalue weighted by Gasteiger charge is -2.10. The number of ketones is 1. The zero-order valence-corrected chi connectivity index (χ0v) is 12.2. The highest BCUT2D eigenvalue weighted by molar-refractivity contribution is 5.97. The van der Waals surface area contributed by atoms with Crippen molar-refractivity contribution in [3.8, 4) is 0 Å². The fourth-order valence-corrected chi connectivity index (χ4v) is 2.15. The van der Waals surface area contributed by atoms with E-state index in [1.165, 1.54) is 10.7 Å². The molecule has 0 atom stereocenters. The van der Waals surface area contributed by atoms with Crippen molar-refractivity contribution in [2.75, 3.05) is 0 Å². The van der Waals surface area contributed by atoms with Crippen LogP contribution in [0.4, 0.5) is 0 Å². The van der Waals surface area contributed by atoms with Crippen molar-refractivity contribution in [2.24, 2.45) is 0 Å². The second-order valence-electron chi connectivity index (χ2n) is 5.15. The Morgan fingerprint density at radius 1 is 1.05 bits per heavy atom. The maximum absolute atomic E-state index is 12.4. The van der Waals surface area contributed by atoms with Crippen molar-refractivity contribution < 1.29 is 4.79 Å². The molecule has 1 aromatic carbocycles. The van der Waals surface area contributed by atoms with Crippen LogP contribution in [0.25, 0.3) is 0 Å². The third-order valence-electron chi connectivity index (χ3n) is 3.43. The topological polar surface area (TPSA) is 52.0 Å². The summed E-state index contributed by atoms with van der Waals surface area (Å²) < 4.78 is 1.21. The molecule has 1 aromatic heterocycles. The third-order valence-corrected chi connectivity index (χ3v) is 3.43. The molecular weight excluding hydrogens is 252 g/mol. The van der Waals surface area contributed by atoms with E-state index in [9.17, 15) is 9.59 Å². The van der Waals surface area contributed by atoms with E-state index in [1.807, 2.05) is 32.9 Å². The first-order valence-corrected chi connectivity index (χ1v) is 6.54. The predicted molar refractivity (Wildman–Crippen MR) is 78.2 cm³/mol. The summed E-state index contributed by atoms with van der Waals surface area (Å²) in [7, 11) is 0. The molecule has 2 aromatic rings. The zero-order chi connectivity index (χ0) is 14.9. The van der Waals surface area contributed by atoms with E-state index >= 15 is 0 Å². The molecule has 0 saturated carbocycles. The average Bonchev–Trinajstić information content (AvgIpc) is 2.38. The predicted octanol–water partition coefficient (Wildman–Crippen LogP) is 2.36. The number of aromatic nitrogens is 2. The molecule has 2 rings (SSSR count). The summed E-state index contributed by atoms with van der Waals surface area (Å²) in [6.45, 7) is 7.67. The molecule has 4 nitrogen and oxygen atoms in total. The van der Waals surface area contributed by atoms with E-state index in [0.717, 1.165) is 16.7 Å². The van der Waals surface area contributed by atoms with Crippen LogP contribution in [0.2, 0.25) is 0 Å². The lowest BCUT2D eigenvalue weighted by Crippen LogP contribution is -2.26. The highest BCUT2D eigenvalue weighted by Gasteiger charge is 2.12. The average molecular weight is 270 g/mol. The Morgan fingerprint density at radius 3 is 2.40 bits per heavy atom. The maximum Gasteiger partial charge on any atom is 0.267 e. The Hall–Kier alpha value is -2.23. The van der Waals surface area contributed by atoms with Gasteiger partial charge in [0.2, 0.25) is 0 Å². The highest BCUT2D eigenvalue weighted by Crippen LogP contribution is 2.16. The molecule has 0 aliphatic heterocycles. The van der Waals surface area contributed by atoms with E-state index in [1.54, 1.807) is 13.0 Å². The number of carbonyl (C=O) groups is 1. The number of benzene rings is 1. The molecule has 0 amide bonds. The van der Waals surface area contributed by atoms with Gasteiger partial charge in [-0.2, -0.15) is 5.10 Å². The van der Waals surface area contributed by atoms with Crippen molar-refractivity contribution in [3.63, 3.8) is 0 Å². The molecule has 0 aliphatic carbocycles. The van der Waals surface area contributed by atoms with Gasteiger partial charge in [-0.15, -0.1) is 0 Å². The minimum absolute atomic E-state index is 0.0240. The summed E-state index contributed by atoms with van der Waals surface area (Å²) in [6, 6.07) is 6.95. The fraction of sp³-hybridized carbons (Fsp3) is 0.312. The maximum atomic E-state index is 12.4. The summed E-state index contributed by atoms with van der Waals surface area (Å²) in [5.74, 6) is -0.0919. The number of hydrogen-bond donors (Lipinski definition) is 0. The molecule has 0 saturated heterocycles. The van der Waals surface area contributed by atoms with E-state index in [4.69, 9.17) is 0 Å². The Bertz CT molecular complexity index is 730. The third kappa shape index (κ3) is 2.85. The Kier molecular flexibility index (Phi) is 3.84. The zero-order valence-electron chi connectivity index (χ0n) is 12.2. The van der Waals surface area contributed by atoms with Gasteiger partial charge < -0.3 is 0 Å². The highest BCUT2D eigenvalue weighted by atomic mass is 16.1. The lowest BCUT2D eigenvalue weighted by molar-refractivity contribution is 0.0965. The van der Waals surface area contributed by atoms with E-state index in [0.29, 0.717) is 11.3 Å². The van der Waals surface area contributed by atoms with Gasteiger partial charge >= 0.3 is 0 Å². The minimum Gasteiger partial charge on any atom is -0.292 e. The molecule has 0 aliphatic rings. The van der Waals surface area contributed by atoms with Gasteiger partial charge in [-0.05, 0) is 56.5 Å². The Labute approximate surface area is 118 Å². The standard InChI is InChI=1S/C16H18N2O2/c1-10-7-12(3)14(8-11(10)2)15(19)9-18-16(20)6-5-13(4)17-18/h5-8H,9H2,1-4H3. The Morgan fingerprint density at radius 2 is 1.70 bits per heavy atom. The summed E-state index contributed by atoms with van der Waals surface area (Å²) in [6.07, 6.45) is 0. The van der Waals surface area contributed by atoms with Gasteiger partial charge in [0.25, 0.3) is 5.56 Å². The number of aryl methyl sites for hydroxylation is 4. The van der Waals surface area contributed by atoms with Crippen LogP contribution in [0.1, 0.15) is 32.7 Å². The fourth-order valence-electron chi connectivity index (χ4n) is 2.15. The monoisotopic (exact) mass is 270 g/mol. The van der Waals surface area contributed by atoms with Gasteiger partial charge in [-0.1, -0.05) is 6.07 Å². The van der Waals surface area contributed by atoms with Gasteiger partial charge in [-0.25, -0.2) is 4.68 Å². The molecule has 20 heavy (non-hydrogen) atoms. The van der Waals surface area contributed by atoms with Crippen molar-refractivity contribution in [3.05, 3.63) is 62.6 Å². The van der Waals surface area contributed by atoms with E-state index < -0.39 is 0 Å². The molecular formula is C16H18N2O2. The second kappa shape index (κ2) is 5.41. The van der Waals surface area contributed by atoms with E-state index in [2.05, 4.69) is 5.10 Å². The quantitative estimate of drug-likeness (QED) is 0.804. The van der Waals surface area contributed by atoms with Crippen molar-refractivity contribution in [1.82, 2.24) is 9.78 Å². The molecule has 4 heteroatoms. The van der Waals surface area contributed by atoms with Crippen LogP contribution < -0.4 is 5.56 Å². The summed E-state index contributed by atoms with van der Waals surface area (Å²) >= 11 is 0. The summed E-state index contributed by atoms with van der Waals surface area (Å²) in [4.78, 5) is 24.1. The second-order valence-corrected chi connectivity index (χ2v) is 5.15. The molecule has 0 bridgehead atoms. The normalized spacial score (nSPS) is 10.6. The number of carbonyl (C=O) groups excluding carboxylic acids is 1. The SMILES string of the molecule is Cc1ccc(=O)n(CC(=O)c2cc(C)c(C)cc2C)n1. The molecule has 104 valence electrons. The van der Waals surface area contributed by atoms with Gasteiger partial charge in [0.05, 0.1) is 5.69 Å². The summed E-state index contributed by atoms with van der Waals surface area (Å²) in [5.41, 5.74) is 4.27. The number of Topliss-reactive ketones (excluding diaryl/α,β-unsaturated/α-hetero) is 1. The lowest BCUT2D eigenvalue weighted by atomic mass is 9.98. The molecule has 0 spiro atoms. The van der Waals surface area contributed by atoms with Crippen LogP contribution in [-0.4, -0.2) is 15.6 Å². The van der Waals surface area contributed by atoms with Crippen LogP contribution >= 0.6 is 0 Å². The van der Waals surface area contributed by atoms with Crippen molar-refractivity contribution in [1.29, 1.82) is 0 Å². The first-order valence-electron chi connectivity index (χ1n) is 6.54. The van der Waals surface area contributed by atoms with Gasteiger partial charge in [0, 0.05) is 11.6 Å². The largest absolute Gasteiger partial charge is 0.292 e. The molecule has 0 fully saturated rings. The minimum atomic E-state index is -0.259. The van der Waals surface area contributed by atoms with E-state index in [-0.39, 0.29) is 17.9 Å². The molecule has 1 heterocycles. The summed E-state index contributed by atoms with van der Waals surface area (Å²) in [5, 5.41) is 4.09. The smallest absolute Gasteiger partial charge is 0.267 e. The van der Waals surface area contributed by atoms with Crippen LogP contribution in [-0.2, 0) is 6.54 Å². The molecule has 0 radical (unpaired) electrons. The number of rotatable bonds is 3. The van der Waals surface area contributed by atoms with Crippen LogP contribution in [0.5, 0.6) is 0 Å². The van der Waals surface area contributed by atoms with Crippen LogP contribution in [0.15, 0.2) is 29.1 Å².